The van der Waals surface area contributed by atoms with Crippen LogP contribution in [0.3, 0.4) is 0 Å². The predicted molar refractivity (Wildman–Crippen MR) is 85.8 cm³/mol. The summed E-state index contributed by atoms with van der Waals surface area (Å²) in [7, 11) is 1.44. The quantitative estimate of drug-likeness (QED) is 0.828. The minimum atomic E-state index is -0.938. The van der Waals surface area contributed by atoms with E-state index in [1.807, 2.05) is 19.1 Å². The average molecular weight is 316 g/mol. The van der Waals surface area contributed by atoms with E-state index >= 15 is 0 Å². The summed E-state index contributed by atoms with van der Waals surface area (Å²) in [5.41, 5.74) is 1.63. The smallest absolute Gasteiger partial charge is 0.352 e. The highest BCUT2D eigenvalue weighted by Crippen LogP contribution is 2.31. The summed E-state index contributed by atoms with van der Waals surface area (Å²) in [5.74, 6) is 0.319. The van der Waals surface area contributed by atoms with Gasteiger partial charge in [-0.2, -0.15) is 0 Å². The van der Waals surface area contributed by atoms with Crippen LogP contribution in [0.2, 0.25) is 0 Å². The highest BCUT2D eigenvalue weighted by Gasteiger charge is 2.25. The fourth-order valence-corrected chi connectivity index (χ4v) is 2.08. The molecule has 0 saturated carbocycles. The number of hydrogen-bond acceptors (Lipinski definition) is 5. The van der Waals surface area contributed by atoms with Crippen LogP contribution >= 0.6 is 0 Å². The molecule has 0 aliphatic rings. The molecule has 0 radical (unpaired) electrons. The van der Waals surface area contributed by atoms with Gasteiger partial charge < -0.3 is 19.3 Å². The number of rotatable bonds is 6. The number of esters is 1. The summed E-state index contributed by atoms with van der Waals surface area (Å²) in [6, 6.07) is 12.0. The Labute approximate surface area is 135 Å². The molecule has 23 heavy (non-hydrogen) atoms. The molecule has 5 nitrogen and oxygen atoms in total. The Morgan fingerprint density at radius 1 is 1.17 bits per heavy atom. The van der Waals surface area contributed by atoms with Crippen LogP contribution in [0.25, 0.3) is 0 Å². The van der Waals surface area contributed by atoms with Gasteiger partial charge in [0.25, 0.3) is 0 Å². The predicted octanol–water partition coefficient (Wildman–Crippen LogP) is 3.39. The maximum Gasteiger partial charge on any atom is 0.352 e. The molecule has 0 heterocycles. The third kappa shape index (κ3) is 4.16. The molecule has 122 valence electrons. The molecule has 0 aromatic heterocycles. The lowest BCUT2D eigenvalue weighted by Crippen LogP contribution is -2.21. The Bertz CT molecular complexity index is 664. The van der Waals surface area contributed by atoms with Crippen LogP contribution < -0.4 is 9.47 Å². The second-order valence-electron chi connectivity index (χ2n) is 4.99. The zero-order valence-corrected chi connectivity index (χ0v) is 13.4. The van der Waals surface area contributed by atoms with Gasteiger partial charge in [-0.1, -0.05) is 23.8 Å². The van der Waals surface area contributed by atoms with Crippen LogP contribution in [0.1, 0.15) is 24.2 Å². The fourth-order valence-electron chi connectivity index (χ4n) is 2.08. The van der Waals surface area contributed by atoms with Crippen LogP contribution in [0, 0.1) is 6.92 Å². The summed E-state index contributed by atoms with van der Waals surface area (Å²) in [5, 5.41) is 9.70. The summed E-state index contributed by atoms with van der Waals surface area (Å²) >= 11 is 0. The Morgan fingerprint density at radius 3 is 2.48 bits per heavy atom. The van der Waals surface area contributed by atoms with Gasteiger partial charge in [-0.3, -0.25) is 0 Å². The van der Waals surface area contributed by atoms with Crippen molar-refractivity contribution in [3.63, 3.8) is 0 Å². The van der Waals surface area contributed by atoms with E-state index in [1.165, 1.54) is 13.2 Å². The zero-order valence-electron chi connectivity index (χ0n) is 13.4. The van der Waals surface area contributed by atoms with Crippen molar-refractivity contribution in [3.8, 4) is 17.2 Å². The standard InChI is InChI=1S/C18H20O5/c1-4-22-18(20)17(23-14-8-5-12(2)6-9-14)13-7-10-15(19)16(11-13)21-3/h5-11,17,19H,4H2,1-3H3. The Hall–Kier alpha value is -2.69. The normalized spacial score (nSPS) is 11.6. The number of phenols is 1. The molecular formula is C18H20O5. The van der Waals surface area contributed by atoms with Crippen molar-refractivity contribution in [3.05, 3.63) is 53.6 Å². The molecule has 0 amide bonds. The summed E-state index contributed by atoms with van der Waals surface area (Å²) in [6.07, 6.45) is -0.938. The number of aromatic hydroxyl groups is 1. The van der Waals surface area contributed by atoms with Crippen molar-refractivity contribution >= 4 is 5.97 Å². The largest absolute Gasteiger partial charge is 0.504 e. The second-order valence-corrected chi connectivity index (χ2v) is 4.99. The molecule has 0 aliphatic carbocycles. The molecular weight excluding hydrogens is 296 g/mol. The first-order chi connectivity index (χ1) is 11.0. The van der Waals surface area contributed by atoms with Gasteiger partial charge >= 0.3 is 5.97 Å². The highest BCUT2D eigenvalue weighted by atomic mass is 16.6. The maximum absolute atomic E-state index is 12.2. The first-order valence-corrected chi connectivity index (χ1v) is 7.32. The lowest BCUT2D eigenvalue weighted by atomic mass is 10.1. The highest BCUT2D eigenvalue weighted by molar-refractivity contribution is 5.77. The number of ether oxygens (including phenoxy) is 3. The molecule has 1 unspecified atom stereocenters. The van der Waals surface area contributed by atoms with E-state index in [-0.39, 0.29) is 18.1 Å². The monoisotopic (exact) mass is 316 g/mol. The number of benzene rings is 2. The molecule has 0 fully saturated rings. The fraction of sp³-hybridized carbons (Fsp3) is 0.278. The SMILES string of the molecule is CCOC(=O)C(Oc1ccc(C)cc1)c1ccc(O)c(OC)c1. The van der Waals surface area contributed by atoms with Crippen LogP contribution in [0.5, 0.6) is 17.2 Å². The number of hydrogen-bond donors (Lipinski definition) is 1. The Balaban J connectivity index is 2.33. The van der Waals surface area contributed by atoms with Gasteiger partial charge in [0.2, 0.25) is 6.10 Å². The number of methoxy groups -OCH3 is 1. The van der Waals surface area contributed by atoms with E-state index < -0.39 is 12.1 Å². The van der Waals surface area contributed by atoms with Gasteiger partial charge in [0.15, 0.2) is 11.5 Å². The van der Waals surface area contributed by atoms with E-state index in [2.05, 4.69) is 0 Å². The Kier molecular flexibility index (Phi) is 5.46. The van der Waals surface area contributed by atoms with Gasteiger partial charge in [-0.05, 0) is 38.1 Å². The van der Waals surface area contributed by atoms with Crippen LogP contribution in [-0.4, -0.2) is 24.8 Å². The van der Waals surface area contributed by atoms with Crippen molar-refractivity contribution in [1.29, 1.82) is 0 Å². The van der Waals surface area contributed by atoms with Crippen molar-refractivity contribution in [2.75, 3.05) is 13.7 Å². The zero-order chi connectivity index (χ0) is 16.8. The first-order valence-electron chi connectivity index (χ1n) is 7.32. The third-order valence-electron chi connectivity index (χ3n) is 3.28. The summed E-state index contributed by atoms with van der Waals surface area (Å²) in [4.78, 5) is 12.2. The van der Waals surface area contributed by atoms with E-state index in [0.29, 0.717) is 11.3 Å². The third-order valence-corrected chi connectivity index (χ3v) is 3.28. The number of phenolic OH excluding ortho intramolecular Hbond substituents is 1. The summed E-state index contributed by atoms with van der Waals surface area (Å²) < 4.78 is 16.0. The molecule has 0 spiro atoms. The Morgan fingerprint density at radius 2 is 1.87 bits per heavy atom. The molecule has 1 N–H and O–H groups in total. The van der Waals surface area contributed by atoms with E-state index in [1.54, 1.807) is 31.2 Å². The molecule has 1 atom stereocenters. The molecule has 5 heteroatoms. The van der Waals surface area contributed by atoms with Crippen molar-refractivity contribution in [2.45, 2.75) is 20.0 Å². The van der Waals surface area contributed by atoms with Crippen molar-refractivity contribution in [2.24, 2.45) is 0 Å². The topological polar surface area (TPSA) is 65.0 Å². The number of carbonyl (C=O) groups is 1. The number of aryl methyl sites for hydroxylation is 1. The minimum Gasteiger partial charge on any atom is -0.504 e. The van der Waals surface area contributed by atoms with Gasteiger partial charge in [0.1, 0.15) is 5.75 Å². The lowest BCUT2D eigenvalue weighted by molar-refractivity contribution is -0.151. The van der Waals surface area contributed by atoms with Crippen LogP contribution in [-0.2, 0) is 9.53 Å². The first kappa shape index (κ1) is 16.7. The van der Waals surface area contributed by atoms with E-state index in [9.17, 15) is 9.90 Å². The molecule has 2 rings (SSSR count). The van der Waals surface area contributed by atoms with E-state index in [0.717, 1.165) is 5.56 Å². The molecule has 2 aromatic rings. The molecule has 2 aromatic carbocycles. The average Bonchev–Trinajstić information content (AvgIpc) is 2.55. The van der Waals surface area contributed by atoms with Crippen LogP contribution in [0.4, 0.5) is 0 Å². The molecule has 0 bridgehead atoms. The number of carbonyl (C=O) groups excluding carboxylic acids is 1. The summed E-state index contributed by atoms with van der Waals surface area (Å²) in [6.45, 7) is 3.96. The van der Waals surface area contributed by atoms with Gasteiger partial charge in [0, 0.05) is 5.56 Å². The van der Waals surface area contributed by atoms with Crippen LogP contribution in [0.15, 0.2) is 42.5 Å². The van der Waals surface area contributed by atoms with Gasteiger partial charge in [0.05, 0.1) is 13.7 Å². The van der Waals surface area contributed by atoms with Gasteiger partial charge in [-0.25, -0.2) is 4.79 Å². The van der Waals surface area contributed by atoms with E-state index in [4.69, 9.17) is 14.2 Å². The molecule has 0 aliphatic heterocycles. The molecule has 0 saturated heterocycles. The lowest BCUT2D eigenvalue weighted by Gasteiger charge is -2.19. The van der Waals surface area contributed by atoms with Gasteiger partial charge in [-0.15, -0.1) is 0 Å². The minimum absolute atomic E-state index is 0.00538. The maximum atomic E-state index is 12.2. The van der Waals surface area contributed by atoms with Crippen molar-refractivity contribution < 1.29 is 24.1 Å². The van der Waals surface area contributed by atoms with Crippen molar-refractivity contribution in [1.82, 2.24) is 0 Å². The second kappa shape index (κ2) is 7.54.